The molecule has 0 saturated heterocycles. The predicted molar refractivity (Wildman–Crippen MR) is 91.4 cm³/mol. The van der Waals surface area contributed by atoms with Gasteiger partial charge >= 0.3 is 0 Å². The Kier molecular flexibility index (Phi) is 4.39. The number of aromatic nitrogens is 1. The van der Waals surface area contributed by atoms with Crippen LogP contribution in [0.25, 0.3) is 10.8 Å². The summed E-state index contributed by atoms with van der Waals surface area (Å²) in [6.07, 6.45) is 1.55. The summed E-state index contributed by atoms with van der Waals surface area (Å²) in [6, 6.07) is 12.5. The molecule has 0 aliphatic heterocycles. The van der Waals surface area contributed by atoms with Crippen LogP contribution in [-0.4, -0.2) is 17.4 Å². The zero-order chi connectivity index (χ0) is 17.1. The van der Waals surface area contributed by atoms with Crippen LogP contribution in [0.3, 0.4) is 0 Å². The normalized spacial score (nSPS) is 12.1. The van der Waals surface area contributed by atoms with E-state index < -0.39 is 5.92 Å². The third kappa shape index (κ3) is 3.18. The molecule has 1 atom stereocenters. The number of nitrogens with one attached hydrogen (secondary N) is 2. The van der Waals surface area contributed by atoms with Gasteiger partial charge in [-0.1, -0.05) is 12.1 Å². The van der Waals surface area contributed by atoms with Crippen molar-refractivity contribution >= 4 is 22.4 Å². The Morgan fingerprint density at radius 3 is 2.62 bits per heavy atom. The quantitative estimate of drug-likeness (QED) is 0.688. The van der Waals surface area contributed by atoms with Crippen LogP contribution in [0.4, 0.5) is 10.1 Å². The number of halogens is 1. The second-order valence-electron chi connectivity index (χ2n) is 5.44. The Bertz CT molecular complexity index is 935. The van der Waals surface area contributed by atoms with Gasteiger partial charge in [0.1, 0.15) is 5.82 Å². The van der Waals surface area contributed by atoms with Crippen molar-refractivity contribution in [3.8, 4) is 0 Å². The molecule has 1 aromatic heterocycles. The Morgan fingerprint density at radius 2 is 1.92 bits per heavy atom. The van der Waals surface area contributed by atoms with Crippen molar-refractivity contribution in [1.29, 1.82) is 0 Å². The first-order valence-electron chi connectivity index (χ1n) is 7.46. The van der Waals surface area contributed by atoms with Gasteiger partial charge in [-0.25, -0.2) is 4.39 Å². The molecular formula is C18H16FN3O2. The summed E-state index contributed by atoms with van der Waals surface area (Å²) in [7, 11) is 0. The number of amides is 1. The second-order valence-corrected chi connectivity index (χ2v) is 5.44. The van der Waals surface area contributed by atoms with Gasteiger partial charge < -0.3 is 16.0 Å². The number of rotatable bonds is 4. The fraction of sp³-hybridized carbons (Fsp3) is 0.111. The van der Waals surface area contributed by atoms with Gasteiger partial charge in [-0.05, 0) is 47.3 Å². The third-order valence-corrected chi connectivity index (χ3v) is 3.87. The van der Waals surface area contributed by atoms with Gasteiger partial charge in [0.25, 0.3) is 5.56 Å². The highest BCUT2D eigenvalue weighted by atomic mass is 19.1. The number of benzene rings is 2. The molecule has 24 heavy (non-hydrogen) atoms. The van der Waals surface area contributed by atoms with Crippen molar-refractivity contribution in [3.63, 3.8) is 0 Å². The average Bonchev–Trinajstić information content (AvgIpc) is 2.57. The Morgan fingerprint density at radius 1 is 1.17 bits per heavy atom. The average molecular weight is 325 g/mol. The summed E-state index contributed by atoms with van der Waals surface area (Å²) >= 11 is 0. The number of carbonyl (C=O) groups excluding carboxylic acids is 1. The van der Waals surface area contributed by atoms with E-state index in [1.807, 2.05) is 0 Å². The molecule has 3 aromatic rings. The van der Waals surface area contributed by atoms with Crippen LogP contribution in [-0.2, 0) is 4.79 Å². The number of aromatic amines is 1. The van der Waals surface area contributed by atoms with Gasteiger partial charge in [-0.15, -0.1) is 0 Å². The van der Waals surface area contributed by atoms with Crippen LogP contribution in [0.5, 0.6) is 0 Å². The smallest absolute Gasteiger partial charge is 0.255 e. The van der Waals surface area contributed by atoms with Crippen molar-refractivity contribution < 1.29 is 9.18 Å². The molecule has 0 radical (unpaired) electrons. The molecule has 0 fully saturated rings. The number of anilines is 1. The molecule has 5 nitrogen and oxygen atoms in total. The fourth-order valence-corrected chi connectivity index (χ4v) is 2.59. The highest BCUT2D eigenvalue weighted by Crippen LogP contribution is 2.20. The first-order chi connectivity index (χ1) is 11.6. The van der Waals surface area contributed by atoms with Crippen LogP contribution in [0, 0.1) is 5.82 Å². The van der Waals surface area contributed by atoms with E-state index in [9.17, 15) is 14.0 Å². The van der Waals surface area contributed by atoms with E-state index in [4.69, 9.17) is 5.73 Å². The molecule has 4 N–H and O–H groups in total. The van der Waals surface area contributed by atoms with Crippen LogP contribution in [0.2, 0.25) is 0 Å². The molecule has 122 valence electrons. The van der Waals surface area contributed by atoms with E-state index in [-0.39, 0.29) is 23.8 Å². The van der Waals surface area contributed by atoms with E-state index in [2.05, 4.69) is 10.3 Å². The molecule has 2 aromatic carbocycles. The number of carbonyl (C=O) groups is 1. The monoisotopic (exact) mass is 325 g/mol. The maximum Gasteiger partial charge on any atom is 0.255 e. The summed E-state index contributed by atoms with van der Waals surface area (Å²) in [5.74, 6) is -1.23. The molecule has 0 aliphatic rings. The fourth-order valence-electron chi connectivity index (χ4n) is 2.59. The number of nitrogens with two attached hydrogens (primary N) is 1. The van der Waals surface area contributed by atoms with Gasteiger partial charge in [0, 0.05) is 23.8 Å². The lowest BCUT2D eigenvalue weighted by Gasteiger charge is -2.15. The van der Waals surface area contributed by atoms with Crippen molar-refractivity contribution in [1.82, 2.24) is 4.98 Å². The number of hydrogen-bond donors (Lipinski definition) is 3. The van der Waals surface area contributed by atoms with Crippen LogP contribution in [0.1, 0.15) is 11.5 Å². The Balaban J connectivity index is 1.85. The molecule has 6 heteroatoms. The van der Waals surface area contributed by atoms with E-state index in [0.29, 0.717) is 16.6 Å². The van der Waals surface area contributed by atoms with E-state index in [0.717, 1.165) is 5.39 Å². The first kappa shape index (κ1) is 15.9. The highest BCUT2D eigenvalue weighted by Gasteiger charge is 2.19. The lowest BCUT2D eigenvalue weighted by Crippen LogP contribution is -2.27. The zero-order valence-corrected chi connectivity index (χ0v) is 12.8. The zero-order valence-electron chi connectivity index (χ0n) is 12.8. The minimum atomic E-state index is -0.583. The molecule has 0 bridgehead atoms. The van der Waals surface area contributed by atoms with Crippen LogP contribution >= 0.6 is 0 Å². The minimum Gasteiger partial charge on any atom is -0.329 e. The molecule has 1 amide bonds. The van der Waals surface area contributed by atoms with Crippen LogP contribution < -0.4 is 16.6 Å². The molecule has 0 spiro atoms. The standard InChI is InChI=1S/C18H16FN3O2/c19-13-3-1-11(2-4-13)16(10-20)18(24)22-14-5-6-15-12(9-14)7-8-21-17(15)23/h1-9,16H,10,20H2,(H,21,23)(H,22,24). The molecule has 1 unspecified atom stereocenters. The van der Waals surface area contributed by atoms with E-state index in [1.54, 1.807) is 42.6 Å². The third-order valence-electron chi connectivity index (χ3n) is 3.87. The summed E-state index contributed by atoms with van der Waals surface area (Å²) in [6.45, 7) is 0.102. The molecule has 0 saturated carbocycles. The summed E-state index contributed by atoms with van der Waals surface area (Å²) in [4.78, 5) is 26.8. The van der Waals surface area contributed by atoms with Gasteiger partial charge in [0.05, 0.1) is 5.92 Å². The van der Waals surface area contributed by atoms with Crippen molar-refractivity contribution in [2.24, 2.45) is 5.73 Å². The number of hydrogen-bond acceptors (Lipinski definition) is 3. The lowest BCUT2D eigenvalue weighted by molar-refractivity contribution is -0.117. The molecule has 0 aliphatic carbocycles. The van der Waals surface area contributed by atoms with Gasteiger partial charge in [-0.3, -0.25) is 9.59 Å². The molecule has 1 heterocycles. The predicted octanol–water partition coefficient (Wildman–Crippen LogP) is 2.35. The van der Waals surface area contributed by atoms with Crippen molar-refractivity contribution in [2.75, 3.05) is 11.9 Å². The second kappa shape index (κ2) is 6.64. The van der Waals surface area contributed by atoms with E-state index >= 15 is 0 Å². The van der Waals surface area contributed by atoms with E-state index in [1.165, 1.54) is 12.1 Å². The van der Waals surface area contributed by atoms with Gasteiger partial charge in [0.2, 0.25) is 5.91 Å². The number of H-pyrrole nitrogens is 1. The first-order valence-corrected chi connectivity index (χ1v) is 7.46. The summed E-state index contributed by atoms with van der Waals surface area (Å²) in [5.41, 5.74) is 6.74. The highest BCUT2D eigenvalue weighted by molar-refractivity contribution is 5.98. The number of fused-ring (bicyclic) bond motifs is 1. The van der Waals surface area contributed by atoms with Gasteiger partial charge in [-0.2, -0.15) is 0 Å². The molecule has 3 rings (SSSR count). The SMILES string of the molecule is NCC(C(=O)Nc1ccc2c(=O)[nH]ccc2c1)c1ccc(F)cc1. The van der Waals surface area contributed by atoms with Crippen LogP contribution in [0.15, 0.2) is 59.5 Å². The van der Waals surface area contributed by atoms with Crippen molar-refractivity contribution in [2.45, 2.75) is 5.92 Å². The topological polar surface area (TPSA) is 88.0 Å². The summed E-state index contributed by atoms with van der Waals surface area (Å²) < 4.78 is 13.0. The summed E-state index contributed by atoms with van der Waals surface area (Å²) in [5, 5.41) is 4.06. The Hall–Kier alpha value is -2.99. The largest absolute Gasteiger partial charge is 0.329 e. The maximum atomic E-state index is 13.0. The maximum absolute atomic E-state index is 13.0. The molecular weight excluding hydrogens is 309 g/mol. The Labute approximate surface area is 137 Å². The minimum absolute atomic E-state index is 0.102. The van der Waals surface area contributed by atoms with Crippen molar-refractivity contribution in [3.05, 3.63) is 76.5 Å². The number of pyridine rings is 1. The lowest BCUT2D eigenvalue weighted by atomic mass is 9.98. The van der Waals surface area contributed by atoms with Gasteiger partial charge in [0.15, 0.2) is 0 Å².